The van der Waals surface area contributed by atoms with Gasteiger partial charge in [0.1, 0.15) is 0 Å². The number of piperidine rings is 1. The van der Waals surface area contributed by atoms with Gasteiger partial charge in [-0.05, 0) is 52.4 Å². The molecule has 2 rings (SSSR count). The Hall–Kier alpha value is -0.570. The minimum atomic E-state index is -0.594. The second kappa shape index (κ2) is 5.38. The molecule has 0 spiro atoms. The third-order valence-electron chi connectivity index (χ3n) is 4.73. The van der Waals surface area contributed by atoms with E-state index in [2.05, 4.69) is 18.7 Å². The van der Waals surface area contributed by atoms with Crippen molar-refractivity contribution in [1.29, 1.82) is 0 Å². The number of carboxylic acids is 1. The van der Waals surface area contributed by atoms with Gasteiger partial charge in [-0.1, -0.05) is 6.42 Å². The zero-order valence-electron chi connectivity index (χ0n) is 11.1. The minimum Gasteiger partial charge on any atom is -0.481 e. The molecular weight excluding hydrogens is 214 g/mol. The standard InChI is InChI=1S/C14H25NO2/c1-10-4-3-5-11(2)15(10)13-8-6-12(7-9-13)14(16)17/h10-13H,3-9H2,1-2H3,(H,16,17)/t10-,11-,12?,13?/m0/s1. The van der Waals surface area contributed by atoms with Crippen LogP contribution in [0.15, 0.2) is 0 Å². The summed E-state index contributed by atoms with van der Waals surface area (Å²) in [6.45, 7) is 4.66. The molecule has 0 amide bonds. The third kappa shape index (κ3) is 2.82. The molecule has 17 heavy (non-hydrogen) atoms. The van der Waals surface area contributed by atoms with Gasteiger partial charge in [0.05, 0.1) is 5.92 Å². The molecule has 3 heteroatoms. The maximum Gasteiger partial charge on any atom is 0.306 e. The van der Waals surface area contributed by atoms with E-state index in [1.54, 1.807) is 0 Å². The monoisotopic (exact) mass is 239 g/mol. The van der Waals surface area contributed by atoms with Crippen LogP contribution >= 0.6 is 0 Å². The molecule has 2 aliphatic rings. The number of nitrogens with zero attached hydrogens (tertiary/aromatic N) is 1. The second-order valence-corrected chi connectivity index (χ2v) is 5.92. The summed E-state index contributed by atoms with van der Waals surface area (Å²) in [5, 5.41) is 9.03. The number of likely N-dealkylation sites (tertiary alicyclic amines) is 1. The average Bonchev–Trinajstić information content (AvgIpc) is 2.29. The number of rotatable bonds is 2. The Balaban J connectivity index is 1.92. The maximum absolute atomic E-state index is 11.0. The predicted octanol–water partition coefficient (Wildman–Crippen LogP) is 2.89. The highest BCUT2D eigenvalue weighted by Gasteiger charge is 2.34. The van der Waals surface area contributed by atoms with Crippen LogP contribution in [0.2, 0.25) is 0 Å². The van der Waals surface area contributed by atoms with E-state index in [1.807, 2.05) is 0 Å². The second-order valence-electron chi connectivity index (χ2n) is 5.92. The molecule has 3 nitrogen and oxygen atoms in total. The van der Waals surface area contributed by atoms with Crippen LogP contribution in [-0.4, -0.2) is 34.1 Å². The number of carboxylic acid groups (broad SMARTS) is 1. The number of carbonyl (C=O) groups is 1. The molecule has 2 fully saturated rings. The molecule has 98 valence electrons. The van der Waals surface area contributed by atoms with Gasteiger partial charge in [0, 0.05) is 18.1 Å². The highest BCUT2D eigenvalue weighted by atomic mass is 16.4. The van der Waals surface area contributed by atoms with Crippen molar-refractivity contribution >= 4 is 5.97 Å². The van der Waals surface area contributed by atoms with E-state index in [0.717, 1.165) is 25.7 Å². The molecule has 0 aromatic rings. The zero-order valence-corrected chi connectivity index (χ0v) is 11.1. The summed E-state index contributed by atoms with van der Waals surface area (Å²) in [7, 11) is 0. The van der Waals surface area contributed by atoms with E-state index in [0.29, 0.717) is 18.1 Å². The minimum absolute atomic E-state index is 0.0818. The summed E-state index contributed by atoms with van der Waals surface area (Å²) < 4.78 is 0. The smallest absolute Gasteiger partial charge is 0.306 e. The summed E-state index contributed by atoms with van der Waals surface area (Å²) in [6, 6.07) is 2.01. The zero-order chi connectivity index (χ0) is 12.4. The van der Waals surface area contributed by atoms with Crippen molar-refractivity contribution in [1.82, 2.24) is 4.90 Å². The van der Waals surface area contributed by atoms with Gasteiger partial charge in [0.15, 0.2) is 0 Å². The van der Waals surface area contributed by atoms with Crippen LogP contribution in [0, 0.1) is 5.92 Å². The van der Waals surface area contributed by atoms with Gasteiger partial charge in [0.2, 0.25) is 0 Å². The van der Waals surface area contributed by atoms with Gasteiger partial charge < -0.3 is 5.11 Å². The topological polar surface area (TPSA) is 40.5 Å². The van der Waals surface area contributed by atoms with Crippen LogP contribution in [0.3, 0.4) is 0 Å². The van der Waals surface area contributed by atoms with E-state index in [4.69, 9.17) is 5.11 Å². The molecule has 1 saturated carbocycles. The van der Waals surface area contributed by atoms with Gasteiger partial charge in [-0.15, -0.1) is 0 Å². The Morgan fingerprint density at radius 1 is 1.00 bits per heavy atom. The Morgan fingerprint density at radius 3 is 2.00 bits per heavy atom. The van der Waals surface area contributed by atoms with Crippen molar-refractivity contribution in [2.24, 2.45) is 5.92 Å². The first-order chi connectivity index (χ1) is 8.09. The van der Waals surface area contributed by atoms with Gasteiger partial charge in [-0.25, -0.2) is 0 Å². The Kier molecular flexibility index (Phi) is 4.08. The van der Waals surface area contributed by atoms with Gasteiger partial charge in [-0.2, -0.15) is 0 Å². The van der Waals surface area contributed by atoms with E-state index >= 15 is 0 Å². The molecule has 0 aromatic carbocycles. The quantitative estimate of drug-likeness (QED) is 0.805. The SMILES string of the molecule is C[C@H]1CCC[C@H](C)N1C1CCC(C(=O)O)CC1. The van der Waals surface area contributed by atoms with E-state index in [-0.39, 0.29) is 5.92 Å². The molecule has 1 saturated heterocycles. The molecular formula is C14H25NO2. The average molecular weight is 239 g/mol. The van der Waals surface area contributed by atoms with Crippen LogP contribution in [0.5, 0.6) is 0 Å². The molecule has 2 atom stereocenters. The Bertz CT molecular complexity index is 261. The van der Waals surface area contributed by atoms with Crippen molar-refractivity contribution in [3.05, 3.63) is 0 Å². The fraction of sp³-hybridized carbons (Fsp3) is 0.929. The fourth-order valence-corrected chi connectivity index (χ4v) is 3.78. The largest absolute Gasteiger partial charge is 0.481 e. The molecule has 0 aromatic heterocycles. The normalized spacial score (nSPS) is 40.1. The van der Waals surface area contributed by atoms with E-state index < -0.39 is 5.97 Å². The lowest BCUT2D eigenvalue weighted by atomic mass is 9.83. The summed E-state index contributed by atoms with van der Waals surface area (Å²) >= 11 is 0. The number of hydrogen-bond acceptors (Lipinski definition) is 2. The molecule has 0 unspecified atom stereocenters. The van der Waals surface area contributed by atoms with Gasteiger partial charge >= 0.3 is 5.97 Å². The molecule has 1 aliphatic carbocycles. The first-order valence-corrected chi connectivity index (χ1v) is 7.10. The van der Waals surface area contributed by atoms with Gasteiger partial charge in [0.25, 0.3) is 0 Å². The van der Waals surface area contributed by atoms with Crippen molar-refractivity contribution in [3.8, 4) is 0 Å². The third-order valence-corrected chi connectivity index (χ3v) is 4.73. The van der Waals surface area contributed by atoms with Crippen molar-refractivity contribution in [2.45, 2.75) is 76.9 Å². The summed E-state index contributed by atoms with van der Waals surface area (Å²) in [5.74, 6) is -0.676. The van der Waals surface area contributed by atoms with Crippen LogP contribution in [0.4, 0.5) is 0 Å². The van der Waals surface area contributed by atoms with Crippen molar-refractivity contribution in [2.75, 3.05) is 0 Å². The number of aliphatic carboxylic acids is 1. The molecule has 0 radical (unpaired) electrons. The predicted molar refractivity (Wildman–Crippen MR) is 68.0 cm³/mol. The summed E-state index contributed by atoms with van der Waals surface area (Å²) in [6.07, 6.45) is 7.86. The van der Waals surface area contributed by atoms with Crippen LogP contribution in [-0.2, 0) is 4.79 Å². The Labute approximate surface area is 104 Å². The lowest BCUT2D eigenvalue weighted by Gasteiger charge is -2.46. The van der Waals surface area contributed by atoms with E-state index in [9.17, 15) is 4.79 Å². The molecule has 1 N–H and O–H groups in total. The van der Waals surface area contributed by atoms with Crippen LogP contribution in [0.25, 0.3) is 0 Å². The highest BCUT2D eigenvalue weighted by Crippen LogP contribution is 2.33. The van der Waals surface area contributed by atoms with Crippen LogP contribution < -0.4 is 0 Å². The maximum atomic E-state index is 11.0. The summed E-state index contributed by atoms with van der Waals surface area (Å²) in [5.41, 5.74) is 0. The van der Waals surface area contributed by atoms with Crippen molar-refractivity contribution < 1.29 is 9.90 Å². The molecule has 1 aliphatic heterocycles. The lowest BCUT2D eigenvalue weighted by molar-refractivity contribution is -0.143. The van der Waals surface area contributed by atoms with Gasteiger partial charge in [-0.3, -0.25) is 9.69 Å². The van der Waals surface area contributed by atoms with E-state index in [1.165, 1.54) is 19.3 Å². The van der Waals surface area contributed by atoms with Crippen molar-refractivity contribution in [3.63, 3.8) is 0 Å². The van der Waals surface area contributed by atoms with Crippen LogP contribution in [0.1, 0.15) is 58.8 Å². The summed E-state index contributed by atoms with van der Waals surface area (Å²) in [4.78, 5) is 13.6. The highest BCUT2D eigenvalue weighted by molar-refractivity contribution is 5.70. The first kappa shape index (κ1) is 12.9. The number of hydrogen-bond donors (Lipinski definition) is 1. The fourth-order valence-electron chi connectivity index (χ4n) is 3.78. The molecule has 1 heterocycles. The lowest BCUT2D eigenvalue weighted by Crippen LogP contribution is -2.51. The Morgan fingerprint density at radius 2 is 1.53 bits per heavy atom. The first-order valence-electron chi connectivity index (χ1n) is 7.10. The molecule has 0 bridgehead atoms.